The van der Waals surface area contributed by atoms with Crippen molar-refractivity contribution in [2.75, 3.05) is 18.0 Å². The fourth-order valence-corrected chi connectivity index (χ4v) is 3.60. The Balaban J connectivity index is 1.33. The van der Waals surface area contributed by atoms with Gasteiger partial charge in [-0.2, -0.15) is 5.10 Å². The minimum atomic E-state index is -0.942. The van der Waals surface area contributed by atoms with E-state index in [0.717, 1.165) is 42.8 Å². The summed E-state index contributed by atoms with van der Waals surface area (Å²) in [5.41, 5.74) is 3.09. The summed E-state index contributed by atoms with van der Waals surface area (Å²) < 4.78 is 13.2. The normalized spacial score (nSPS) is 14.9. The number of aromatic amines is 1. The highest BCUT2D eigenvalue weighted by molar-refractivity contribution is 5.88. The number of benzene rings is 1. The molecule has 1 saturated heterocycles. The molecule has 0 radical (unpaired) electrons. The molecule has 7 nitrogen and oxygen atoms in total. The summed E-state index contributed by atoms with van der Waals surface area (Å²) in [5, 5.41) is 19.8. The zero-order valence-corrected chi connectivity index (χ0v) is 15.8. The van der Waals surface area contributed by atoms with E-state index in [9.17, 15) is 9.18 Å². The molecule has 150 valence electrons. The monoisotopic (exact) mass is 395 g/mol. The Morgan fingerprint density at radius 1 is 1.24 bits per heavy atom. The average Bonchev–Trinajstić information content (AvgIpc) is 3.22. The SMILES string of the molecule is O=C(O)c1ccnc(N2CCC(NCc3cn[nH]c3-c3ccc(F)cc3)CC2)c1. The second-order valence-electron chi connectivity index (χ2n) is 7.13. The van der Waals surface area contributed by atoms with Crippen LogP contribution in [0, 0.1) is 5.82 Å². The highest BCUT2D eigenvalue weighted by atomic mass is 19.1. The van der Waals surface area contributed by atoms with Crippen LogP contribution in [0.3, 0.4) is 0 Å². The molecule has 0 spiro atoms. The Hall–Kier alpha value is -3.26. The van der Waals surface area contributed by atoms with Gasteiger partial charge in [0.1, 0.15) is 11.6 Å². The predicted molar refractivity (Wildman–Crippen MR) is 107 cm³/mol. The number of piperidine rings is 1. The first kappa shape index (κ1) is 19.1. The third-order valence-corrected chi connectivity index (χ3v) is 5.24. The second kappa shape index (κ2) is 8.40. The number of anilines is 1. The van der Waals surface area contributed by atoms with Gasteiger partial charge >= 0.3 is 5.97 Å². The molecule has 4 rings (SSSR count). The fourth-order valence-electron chi connectivity index (χ4n) is 3.60. The van der Waals surface area contributed by atoms with E-state index < -0.39 is 5.97 Å². The van der Waals surface area contributed by atoms with Crippen LogP contribution in [0.25, 0.3) is 11.3 Å². The summed E-state index contributed by atoms with van der Waals surface area (Å²) in [6.45, 7) is 2.29. The number of rotatable bonds is 6. The fraction of sp³-hybridized carbons (Fsp3) is 0.286. The van der Waals surface area contributed by atoms with Gasteiger partial charge in [-0.3, -0.25) is 5.10 Å². The molecule has 1 aromatic carbocycles. The molecule has 0 saturated carbocycles. The lowest BCUT2D eigenvalue weighted by atomic mass is 10.0. The van der Waals surface area contributed by atoms with E-state index in [1.807, 2.05) is 0 Å². The number of halogens is 1. The van der Waals surface area contributed by atoms with Crippen molar-refractivity contribution in [2.45, 2.75) is 25.4 Å². The number of nitrogens with one attached hydrogen (secondary N) is 2. The number of hydrogen-bond donors (Lipinski definition) is 3. The number of aromatic carboxylic acids is 1. The van der Waals surface area contributed by atoms with Gasteiger partial charge in [-0.25, -0.2) is 14.2 Å². The highest BCUT2D eigenvalue weighted by Gasteiger charge is 2.21. The van der Waals surface area contributed by atoms with E-state index in [0.29, 0.717) is 18.4 Å². The Morgan fingerprint density at radius 3 is 2.72 bits per heavy atom. The van der Waals surface area contributed by atoms with Crippen molar-refractivity contribution >= 4 is 11.8 Å². The summed E-state index contributed by atoms with van der Waals surface area (Å²) in [6, 6.07) is 9.84. The molecule has 1 aliphatic heterocycles. The van der Waals surface area contributed by atoms with Crippen LogP contribution in [0.1, 0.15) is 28.8 Å². The molecule has 2 aromatic heterocycles. The highest BCUT2D eigenvalue weighted by Crippen LogP contribution is 2.23. The van der Waals surface area contributed by atoms with Crippen LogP contribution in [0.15, 0.2) is 48.8 Å². The van der Waals surface area contributed by atoms with Crippen LogP contribution < -0.4 is 10.2 Å². The van der Waals surface area contributed by atoms with Gasteiger partial charge in [0.2, 0.25) is 0 Å². The molecule has 0 unspecified atom stereocenters. The van der Waals surface area contributed by atoms with Gasteiger partial charge in [0, 0.05) is 43.0 Å². The summed E-state index contributed by atoms with van der Waals surface area (Å²) in [4.78, 5) is 17.6. The number of carboxylic acids is 1. The van der Waals surface area contributed by atoms with Crippen LogP contribution in [-0.4, -0.2) is 45.4 Å². The molecule has 3 heterocycles. The van der Waals surface area contributed by atoms with E-state index in [4.69, 9.17) is 5.11 Å². The zero-order valence-electron chi connectivity index (χ0n) is 15.8. The average molecular weight is 395 g/mol. The number of hydrogen-bond acceptors (Lipinski definition) is 5. The van der Waals surface area contributed by atoms with Gasteiger partial charge < -0.3 is 15.3 Å². The standard InChI is InChI=1S/C21H22FN5O2/c22-17-3-1-14(2-4-17)20-16(13-25-26-20)12-24-18-6-9-27(10-7-18)19-11-15(21(28)29)5-8-23-19/h1-5,8,11,13,18,24H,6-7,9-10,12H2,(H,25,26)(H,28,29). The molecule has 0 amide bonds. The summed E-state index contributed by atoms with van der Waals surface area (Å²) in [5.74, 6) is -0.498. The number of aromatic nitrogens is 3. The maximum Gasteiger partial charge on any atom is 0.335 e. The molecule has 1 fully saturated rings. The van der Waals surface area contributed by atoms with Crippen LogP contribution in [0.5, 0.6) is 0 Å². The first-order valence-corrected chi connectivity index (χ1v) is 9.56. The van der Waals surface area contributed by atoms with Gasteiger partial charge in [-0.15, -0.1) is 0 Å². The molecular weight excluding hydrogens is 373 g/mol. The Kier molecular flexibility index (Phi) is 5.53. The summed E-state index contributed by atoms with van der Waals surface area (Å²) >= 11 is 0. The number of pyridine rings is 1. The Morgan fingerprint density at radius 2 is 2.00 bits per heavy atom. The quantitative estimate of drug-likeness (QED) is 0.594. The molecule has 3 aromatic rings. The van der Waals surface area contributed by atoms with Crippen molar-refractivity contribution in [3.05, 3.63) is 65.7 Å². The van der Waals surface area contributed by atoms with E-state index in [1.165, 1.54) is 18.2 Å². The largest absolute Gasteiger partial charge is 0.478 e. The molecule has 0 aliphatic carbocycles. The topological polar surface area (TPSA) is 94.1 Å². The van der Waals surface area contributed by atoms with Crippen molar-refractivity contribution in [2.24, 2.45) is 0 Å². The van der Waals surface area contributed by atoms with Crippen LogP contribution in [0.2, 0.25) is 0 Å². The van der Waals surface area contributed by atoms with E-state index in [1.54, 1.807) is 30.6 Å². The maximum absolute atomic E-state index is 13.2. The van der Waals surface area contributed by atoms with Gasteiger partial charge in [0.15, 0.2) is 0 Å². The number of H-pyrrole nitrogens is 1. The lowest BCUT2D eigenvalue weighted by molar-refractivity contribution is 0.0696. The molecule has 1 aliphatic rings. The van der Waals surface area contributed by atoms with Gasteiger partial charge in [0.25, 0.3) is 0 Å². The number of carbonyl (C=O) groups is 1. The van der Waals surface area contributed by atoms with Crippen molar-refractivity contribution in [1.29, 1.82) is 0 Å². The summed E-state index contributed by atoms with van der Waals surface area (Å²) in [6.07, 6.45) is 5.20. The molecule has 8 heteroatoms. The minimum absolute atomic E-state index is 0.253. The first-order valence-electron chi connectivity index (χ1n) is 9.56. The van der Waals surface area contributed by atoms with Crippen molar-refractivity contribution in [1.82, 2.24) is 20.5 Å². The predicted octanol–water partition coefficient (Wildman–Crippen LogP) is 3.07. The molecular formula is C21H22FN5O2. The van der Waals surface area contributed by atoms with Crippen LogP contribution in [-0.2, 0) is 6.54 Å². The summed E-state index contributed by atoms with van der Waals surface area (Å²) in [7, 11) is 0. The lowest BCUT2D eigenvalue weighted by Crippen LogP contribution is -2.42. The molecule has 0 bridgehead atoms. The van der Waals surface area contributed by atoms with E-state index in [-0.39, 0.29) is 11.4 Å². The minimum Gasteiger partial charge on any atom is -0.478 e. The Labute approximate surface area is 167 Å². The van der Waals surface area contributed by atoms with Crippen molar-refractivity contribution in [3.63, 3.8) is 0 Å². The van der Waals surface area contributed by atoms with Crippen LogP contribution >= 0.6 is 0 Å². The smallest absolute Gasteiger partial charge is 0.335 e. The van der Waals surface area contributed by atoms with Crippen LogP contribution in [0.4, 0.5) is 10.2 Å². The molecule has 3 N–H and O–H groups in total. The molecule has 0 atom stereocenters. The third-order valence-electron chi connectivity index (χ3n) is 5.24. The molecule has 29 heavy (non-hydrogen) atoms. The van der Waals surface area contributed by atoms with E-state index in [2.05, 4.69) is 25.4 Å². The zero-order chi connectivity index (χ0) is 20.2. The third kappa shape index (κ3) is 4.43. The van der Waals surface area contributed by atoms with Crippen molar-refractivity contribution in [3.8, 4) is 11.3 Å². The van der Waals surface area contributed by atoms with Crippen molar-refractivity contribution < 1.29 is 14.3 Å². The van der Waals surface area contributed by atoms with Gasteiger partial charge in [0.05, 0.1) is 17.5 Å². The van der Waals surface area contributed by atoms with E-state index >= 15 is 0 Å². The Bertz CT molecular complexity index is 981. The maximum atomic E-state index is 13.2. The number of carboxylic acid groups (broad SMARTS) is 1. The first-order chi connectivity index (χ1) is 14.1. The second-order valence-corrected chi connectivity index (χ2v) is 7.13. The van der Waals surface area contributed by atoms with Gasteiger partial charge in [-0.1, -0.05) is 0 Å². The van der Waals surface area contributed by atoms with Gasteiger partial charge in [-0.05, 0) is 49.2 Å². The lowest BCUT2D eigenvalue weighted by Gasteiger charge is -2.33. The number of nitrogens with zero attached hydrogens (tertiary/aromatic N) is 3.